The van der Waals surface area contributed by atoms with Gasteiger partial charge in [0.1, 0.15) is 0 Å². The van der Waals surface area contributed by atoms with Crippen molar-refractivity contribution >= 4 is 11.6 Å². The molecule has 3 heteroatoms. The third-order valence-electron chi connectivity index (χ3n) is 2.32. The van der Waals surface area contributed by atoms with Gasteiger partial charge in [-0.3, -0.25) is 0 Å². The van der Waals surface area contributed by atoms with Gasteiger partial charge in [-0.2, -0.15) is 0 Å². The lowest BCUT2D eigenvalue weighted by Crippen LogP contribution is -1.87. The highest BCUT2D eigenvalue weighted by Gasteiger charge is 2.01. The predicted octanol–water partition coefficient (Wildman–Crippen LogP) is 3.72. The van der Waals surface area contributed by atoms with Crippen LogP contribution in [0.5, 0.6) is 5.88 Å². The van der Waals surface area contributed by atoms with Crippen molar-refractivity contribution in [2.75, 3.05) is 7.11 Å². The fourth-order valence-corrected chi connectivity index (χ4v) is 1.86. The van der Waals surface area contributed by atoms with Gasteiger partial charge >= 0.3 is 0 Å². The third-order valence-corrected chi connectivity index (χ3v) is 2.54. The quantitative estimate of drug-likeness (QED) is 0.789. The predicted molar refractivity (Wildman–Crippen MR) is 66.0 cm³/mol. The van der Waals surface area contributed by atoms with Crippen LogP contribution in [-0.2, 0) is 0 Å². The maximum Gasteiger partial charge on any atom is 0.212 e. The Labute approximate surface area is 99.9 Å². The molecule has 0 unspecified atom stereocenters. The van der Waals surface area contributed by atoms with Crippen molar-refractivity contribution in [3.8, 4) is 17.0 Å². The van der Waals surface area contributed by atoms with Gasteiger partial charge in [0.25, 0.3) is 0 Å². The van der Waals surface area contributed by atoms with E-state index in [1.165, 1.54) is 0 Å². The molecular weight excluding hydrogens is 222 g/mol. The fourth-order valence-electron chi connectivity index (χ4n) is 1.57. The van der Waals surface area contributed by atoms with E-state index in [9.17, 15) is 0 Å². The smallest absolute Gasteiger partial charge is 0.212 e. The number of halogens is 1. The highest BCUT2D eigenvalue weighted by molar-refractivity contribution is 6.30. The van der Waals surface area contributed by atoms with Crippen molar-refractivity contribution in [1.82, 2.24) is 4.98 Å². The zero-order chi connectivity index (χ0) is 11.5. The van der Waals surface area contributed by atoms with Crippen LogP contribution in [0.2, 0.25) is 5.02 Å². The Morgan fingerprint density at radius 2 is 1.94 bits per heavy atom. The van der Waals surface area contributed by atoms with E-state index in [2.05, 4.69) is 11.1 Å². The second kappa shape index (κ2) is 4.54. The van der Waals surface area contributed by atoms with Crippen molar-refractivity contribution in [1.29, 1.82) is 0 Å². The number of hydrogen-bond donors (Lipinski definition) is 0. The lowest BCUT2D eigenvalue weighted by atomic mass is 10.1. The van der Waals surface area contributed by atoms with Crippen LogP contribution in [0.4, 0.5) is 0 Å². The average Bonchev–Trinajstić information content (AvgIpc) is 2.28. The molecule has 0 saturated carbocycles. The molecule has 0 atom stereocenters. The number of rotatable bonds is 2. The molecule has 0 aliphatic rings. The zero-order valence-electron chi connectivity index (χ0n) is 9.20. The van der Waals surface area contributed by atoms with Crippen molar-refractivity contribution < 1.29 is 4.74 Å². The summed E-state index contributed by atoms with van der Waals surface area (Å²) in [5, 5.41) is 0.741. The van der Waals surface area contributed by atoms with Crippen LogP contribution in [0.25, 0.3) is 11.1 Å². The molecule has 0 radical (unpaired) electrons. The molecule has 0 bridgehead atoms. The third kappa shape index (κ3) is 2.34. The van der Waals surface area contributed by atoms with Gasteiger partial charge < -0.3 is 4.74 Å². The molecule has 1 aromatic carbocycles. The summed E-state index contributed by atoms with van der Waals surface area (Å²) in [6.07, 6.45) is 1.78. The SMILES string of the molecule is COc1ccc(-c2cc(C)cc(Cl)c2)cn1. The molecule has 0 amide bonds. The maximum absolute atomic E-state index is 6.01. The molecule has 2 rings (SSSR count). The van der Waals surface area contributed by atoms with Crippen LogP contribution in [0.3, 0.4) is 0 Å². The normalized spacial score (nSPS) is 10.2. The number of benzene rings is 1. The molecule has 0 aliphatic carbocycles. The van der Waals surface area contributed by atoms with Gasteiger partial charge in [0.15, 0.2) is 0 Å². The number of ether oxygens (including phenoxy) is 1. The van der Waals surface area contributed by atoms with E-state index in [1.54, 1.807) is 13.3 Å². The molecule has 0 aliphatic heterocycles. The first-order chi connectivity index (χ1) is 7.69. The van der Waals surface area contributed by atoms with Crippen molar-refractivity contribution in [2.45, 2.75) is 6.92 Å². The highest BCUT2D eigenvalue weighted by Crippen LogP contribution is 2.24. The molecule has 0 spiro atoms. The van der Waals surface area contributed by atoms with Crippen molar-refractivity contribution in [2.24, 2.45) is 0 Å². The van der Waals surface area contributed by atoms with Crippen LogP contribution in [0, 0.1) is 6.92 Å². The van der Waals surface area contributed by atoms with Gasteiger partial charge in [-0.1, -0.05) is 17.7 Å². The lowest BCUT2D eigenvalue weighted by molar-refractivity contribution is 0.398. The topological polar surface area (TPSA) is 22.1 Å². The van der Waals surface area contributed by atoms with E-state index in [0.717, 1.165) is 21.7 Å². The molecule has 0 N–H and O–H groups in total. The monoisotopic (exact) mass is 233 g/mol. The lowest BCUT2D eigenvalue weighted by Gasteiger charge is -2.05. The van der Waals surface area contributed by atoms with Gasteiger partial charge in [0, 0.05) is 22.8 Å². The summed E-state index contributed by atoms with van der Waals surface area (Å²) < 4.78 is 5.02. The van der Waals surface area contributed by atoms with E-state index >= 15 is 0 Å². The standard InChI is InChI=1S/C13H12ClNO/c1-9-5-11(7-12(14)6-9)10-3-4-13(16-2)15-8-10/h3-8H,1-2H3. The second-order valence-electron chi connectivity index (χ2n) is 3.61. The van der Waals surface area contributed by atoms with Crippen LogP contribution >= 0.6 is 11.6 Å². The van der Waals surface area contributed by atoms with Crippen LogP contribution in [0.1, 0.15) is 5.56 Å². The first-order valence-corrected chi connectivity index (χ1v) is 5.34. The van der Waals surface area contributed by atoms with E-state index in [4.69, 9.17) is 16.3 Å². The molecular formula is C13H12ClNO. The minimum atomic E-state index is 0.613. The second-order valence-corrected chi connectivity index (χ2v) is 4.04. The summed E-state index contributed by atoms with van der Waals surface area (Å²) in [7, 11) is 1.60. The molecule has 1 heterocycles. The van der Waals surface area contributed by atoms with E-state index in [0.29, 0.717) is 5.88 Å². The van der Waals surface area contributed by atoms with Gasteiger partial charge in [0.05, 0.1) is 7.11 Å². The van der Waals surface area contributed by atoms with Crippen molar-refractivity contribution in [3.63, 3.8) is 0 Å². The van der Waals surface area contributed by atoms with E-state index < -0.39 is 0 Å². The average molecular weight is 234 g/mol. The maximum atomic E-state index is 6.01. The van der Waals surface area contributed by atoms with E-state index in [1.807, 2.05) is 31.2 Å². The zero-order valence-corrected chi connectivity index (χ0v) is 9.95. The number of aryl methyl sites for hydroxylation is 1. The Hall–Kier alpha value is -1.54. The largest absolute Gasteiger partial charge is 0.481 e. The molecule has 0 fully saturated rings. The highest BCUT2D eigenvalue weighted by atomic mass is 35.5. The van der Waals surface area contributed by atoms with E-state index in [-0.39, 0.29) is 0 Å². The van der Waals surface area contributed by atoms with Crippen molar-refractivity contribution in [3.05, 3.63) is 47.1 Å². The number of pyridine rings is 1. The van der Waals surface area contributed by atoms with Gasteiger partial charge in [0.2, 0.25) is 5.88 Å². The molecule has 2 nitrogen and oxygen atoms in total. The molecule has 82 valence electrons. The number of methoxy groups -OCH3 is 1. The first-order valence-electron chi connectivity index (χ1n) is 4.96. The number of aromatic nitrogens is 1. The summed E-state index contributed by atoms with van der Waals surface area (Å²) in [6, 6.07) is 9.75. The molecule has 0 saturated heterocycles. The Morgan fingerprint density at radius 3 is 2.50 bits per heavy atom. The molecule has 16 heavy (non-hydrogen) atoms. The Balaban J connectivity index is 2.42. The van der Waals surface area contributed by atoms with Gasteiger partial charge in [-0.15, -0.1) is 0 Å². The Kier molecular flexibility index (Phi) is 3.11. The minimum Gasteiger partial charge on any atom is -0.481 e. The fraction of sp³-hybridized carbons (Fsp3) is 0.154. The number of nitrogens with zero attached hydrogens (tertiary/aromatic N) is 1. The summed E-state index contributed by atoms with van der Waals surface area (Å²) in [5.74, 6) is 0.613. The van der Waals surface area contributed by atoms with Gasteiger partial charge in [-0.05, 0) is 36.2 Å². The molecule has 1 aromatic heterocycles. The summed E-state index contributed by atoms with van der Waals surface area (Å²) in [6.45, 7) is 2.02. The summed E-state index contributed by atoms with van der Waals surface area (Å²) in [4.78, 5) is 4.17. The minimum absolute atomic E-state index is 0.613. The number of hydrogen-bond acceptors (Lipinski definition) is 2. The summed E-state index contributed by atoms with van der Waals surface area (Å²) >= 11 is 6.01. The Morgan fingerprint density at radius 1 is 1.12 bits per heavy atom. The first kappa shape index (κ1) is 11.0. The Bertz CT molecular complexity index is 474. The van der Waals surface area contributed by atoms with Crippen LogP contribution in [0.15, 0.2) is 36.5 Å². The summed E-state index contributed by atoms with van der Waals surface area (Å²) in [5.41, 5.74) is 3.24. The molecule has 2 aromatic rings. The van der Waals surface area contributed by atoms with Crippen LogP contribution in [-0.4, -0.2) is 12.1 Å². The van der Waals surface area contributed by atoms with Crippen LogP contribution < -0.4 is 4.74 Å². The van der Waals surface area contributed by atoms with Gasteiger partial charge in [-0.25, -0.2) is 4.98 Å².